The van der Waals surface area contributed by atoms with Crippen LogP contribution in [0.3, 0.4) is 0 Å². The fourth-order valence-electron chi connectivity index (χ4n) is 2.68. The van der Waals surface area contributed by atoms with Crippen molar-refractivity contribution in [2.75, 3.05) is 26.2 Å². The summed E-state index contributed by atoms with van der Waals surface area (Å²) in [7, 11) is 0. The number of thiophene rings is 1. The van der Waals surface area contributed by atoms with Crippen LogP contribution in [-0.4, -0.2) is 41.3 Å². The molecule has 1 fully saturated rings. The molecule has 1 aliphatic rings. The van der Waals surface area contributed by atoms with E-state index in [0.717, 1.165) is 31.7 Å². The molecule has 0 saturated carbocycles. The molecule has 0 spiro atoms. The number of piperazine rings is 1. The van der Waals surface area contributed by atoms with Crippen LogP contribution in [-0.2, 0) is 0 Å². The zero-order chi connectivity index (χ0) is 13.9. The summed E-state index contributed by atoms with van der Waals surface area (Å²) < 4.78 is 0. The number of aromatic hydroxyl groups is 2. The van der Waals surface area contributed by atoms with E-state index < -0.39 is 0 Å². The lowest BCUT2D eigenvalue weighted by molar-refractivity contribution is 0.198. The molecule has 2 heterocycles. The van der Waals surface area contributed by atoms with Crippen molar-refractivity contribution in [3.8, 4) is 11.5 Å². The zero-order valence-corrected chi connectivity index (χ0v) is 14.4. The number of hydrogen-bond donors (Lipinski definition) is 3. The maximum absolute atomic E-state index is 10.2. The highest BCUT2D eigenvalue weighted by atomic mass is 35.5. The van der Waals surface area contributed by atoms with Gasteiger partial charge in [0.1, 0.15) is 11.5 Å². The lowest BCUT2D eigenvalue weighted by atomic mass is 10.0. The van der Waals surface area contributed by atoms with Crippen LogP contribution in [0.15, 0.2) is 35.7 Å². The van der Waals surface area contributed by atoms with Crippen LogP contribution in [0.25, 0.3) is 0 Å². The highest BCUT2D eigenvalue weighted by molar-refractivity contribution is 7.10. The van der Waals surface area contributed by atoms with E-state index in [0.29, 0.717) is 0 Å². The largest absolute Gasteiger partial charge is 0.508 e. The molecule has 0 amide bonds. The molecule has 22 heavy (non-hydrogen) atoms. The molecule has 122 valence electrons. The molecule has 7 heteroatoms. The summed E-state index contributed by atoms with van der Waals surface area (Å²) in [5.41, 5.74) is 0.773. The van der Waals surface area contributed by atoms with E-state index in [4.69, 9.17) is 0 Å². The van der Waals surface area contributed by atoms with Gasteiger partial charge in [-0.3, -0.25) is 4.90 Å². The van der Waals surface area contributed by atoms with Gasteiger partial charge in [-0.15, -0.1) is 36.2 Å². The molecule has 1 atom stereocenters. The normalized spacial score (nSPS) is 16.4. The van der Waals surface area contributed by atoms with Gasteiger partial charge in [0.05, 0.1) is 6.04 Å². The summed E-state index contributed by atoms with van der Waals surface area (Å²) >= 11 is 1.68. The molecule has 4 nitrogen and oxygen atoms in total. The fraction of sp³-hybridized carbons (Fsp3) is 0.333. The number of nitrogens with one attached hydrogen (secondary N) is 1. The number of phenolic OH excluding ortho intramolecular Hbond substituents is 2. The van der Waals surface area contributed by atoms with Gasteiger partial charge >= 0.3 is 0 Å². The van der Waals surface area contributed by atoms with E-state index in [1.807, 2.05) is 11.4 Å². The first-order valence-electron chi connectivity index (χ1n) is 6.76. The first-order chi connectivity index (χ1) is 9.75. The molecule has 1 aliphatic heterocycles. The fourth-order valence-corrected chi connectivity index (χ4v) is 3.55. The number of nitrogens with zero attached hydrogens (tertiary/aromatic N) is 1. The van der Waals surface area contributed by atoms with Crippen LogP contribution in [0, 0.1) is 0 Å². The Labute approximate surface area is 146 Å². The Morgan fingerprint density at radius 1 is 1.09 bits per heavy atom. The Balaban J connectivity index is 0.00000121. The maximum atomic E-state index is 10.2. The van der Waals surface area contributed by atoms with Gasteiger partial charge in [-0.2, -0.15) is 0 Å². The Morgan fingerprint density at radius 3 is 2.45 bits per heavy atom. The minimum atomic E-state index is 0. The van der Waals surface area contributed by atoms with Gasteiger partial charge in [-0.1, -0.05) is 6.07 Å². The number of rotatable bonds is 3. The predicted molar refractivity (Wildman–Crippen MR) is 94.9 cm³/mol. The first-order valence-corrected chi connectivity index (χ1v) is 7.64. The molecule has 2 aromatic rings. The molecular formula is C15H20Cl2N2O2S. The number of halogens is 2. The van der Waals surface area contributed by atoms with Crippen molar-refractivity contribution >= 4 is 36.2 Å². The predicted octanol–water partition coefficient (Wildman–Crippen LogP) is 3.00. The Kier molecular flexibility index (Phi) is 7.45. The van der Waals surface area contributed by atoms with Crippen LogP contribution < -0.4 is 5.32 Å². The van der Waals surface area contributed by atoms with Crippen LogP contribution in [0.4, 0.5) is 0 Å². The van der Waals surface area contributed by atoms with Gasteiger partial charge in [-0.05, 0) is 29.6 Å². The highest BCUT2D eigenvalue weighted by Gasteiger charge is 2.27. The van der Waals surface area contributed by atoms with E-state index in [1.54, 1.807) is 23.5 Å². The van der Waals surface area contributed by atoms with Gasteiger partial charge in [0.25, 0.3) is 0 Å². The van der Waals surface area contributed by atoms with Gasteiger partial charge in [0.15, 0.2) is 0 Å². The lowest BCUT2D eigenvalue weighted by Gasteiger charge is -2.35. The third kappa shape index (κ3) is 4.06. The standard InChI is InChI=1S/C15H18N2O2S.2ClH/c18-11-3-4-13(19)12(10-11)15(14-2-1-9-20-14)17-7-5-16-6-8-17;;/h1-4,9-10,15-16,18-19H,5-8H2;2*1H/t15-;;/m0../s1. The Morgan fingerprint density at radius 2 is 1.82 bits per heavy atom. The minimum Gasteiger partial charge on any atom is -0.508 e. The van der Waals surface area contributed by atoms with Crippen molar-refractivity contribution in [1.82, 2.24) is 10.2 Å². The van der Waals surface area contributed by atoms with Crippen LogP contribution in [0.2, 0.25) is 0 Å². The summed E-state index contributed by atoms with van der Waals surface area (Å²) in [5, 5.41) is 25.3. The third-order valence-corrected chi connectivity index (χ3v) is 4.56. The number of benzene rings is 1. The second kappa shape index (κ2) is 8.60. The van der Waals surface area contributed by atoms with E-state index in [9.17, 15) is 10.2 Å². The van der Waals surface area contributed by atoms with Crippen molar-refractivity contribution < 1.29 is 10.2 Å². The SMILES string of the molecule is Cl.Cl.Oc1ccc(O)c([C@@H](c2cccs2)N2CCNCC2)c1. The van der Waals surface area contributed by atoms with Crippen molar-refractivity contribution in [1.29, 1.82) is 0 Å². The maximum Gasteiger partial charge on any atom is 0.121 e. The Hall–Kier alpha value is -0.980. The average molecular weight is 363 g/mol. The zero-order valence-electron chi connectivity index (χ0n) is 11.9. The van der Waals surface area contributed by atoms with Crippen molar-refractivity contribution in [2.24, 2.45) is 0 Å². The molecule has 0 bridgehead atoms. The van der Waals surface area contributed by atoms with Crippen LogP contribution in [0.1, 0.15) is 16.5 Å². The number of phenols is 2. The molecule has 1 saturated heterocycles. The van der Waals surface area contributed by atoms with Gasteiger partial charge < -0.3 is 15.5 Å². The second-order valence-corrected chi connectivity index (χ2v) is 5.93. The van der Waals surface area contributed by atoms with E-state index in [-0.39, 0.29) is 42.4 Å². The second-order valence-electron chi connectivity index (χ2n) is 4.95. The van der Waals surface area contributed by atoms with E-state index >= 15 is 0 Å². The summed E-state index contributed by atoms with van der Waals surface area (Å²) in [6.07, 6.45) is 0. The molecule has 3 rings (SSSR count). The smallest absolute Gasteiger partial charge is 0.121 e. The van der Waals surface area contributed by atoms with Crippen LogP contribution >= 0.6 is 36.2 Å². The van der Waals surface area contributed by atoms with E-state index in [2.05, 4.69) is 16.3 Å². The first kappa shape index (κ1) is 19.1. The monoisotopic (exact) mass is 362 g/mol. The molecular weight excluding hydrogens is 343 g/mol. The molecule has 1 aromatic carbocycles. The summed E-state index contributed by atoms with van der Waals surface area (Å²) in [4.78, 5) is 3.53. The van der Waals surface area contributed by atoms with Crippen molar-refractivity contribution in [2.45, 2.75) is 6.04 Å². The van der Waals surface area contributed by atoms with Crippen molar-refractivity contribution in [3.05, 3.63) is 46.2 Å². The number of hydrogen-bond acceptors (Lipinski definition) is 5. The molecule has 0 aliphatic carbocycles. The average Bonchev–Trinajstić information content (AvgIpc) is 2.98. The lowest BCUT2D eigenvalue weighted by Crippen LogP contribution is -2.45. The summed E-state index contributed by atoms with van der Waals surface area (Å²) in [5.74, 6) is 0.425. The third-order valence-electron chi connectivity index (χ3n) is 3.64. The minimum absolute atomic E-state index is 0. The van der Waals surface area contributed by atoms with Gasteiger partial charge in [0.2, 0.25) is 0 Å². The summed E-state index contributed by atoms with van der Waals surface area (Å²) in [6, 6.07) is 8.86. The summed E-state index contributed by atoms with van der Waals surface area (Å²) in [6.45, 7) is 3.75. The van der Waals surface area contributed by atoms with Crippen LogP contribution in [0.5, 0.6) is 11.5 Å². The van der Waals surface area contributed by atoms with Gasteiger partial charge in [0, 0.05) is 36.6 Å². The highest BCUT2D eigenvalue weighted by Crippen LogP contribution is 2.38. The molecule has 1 aromatic heterocycles. The quantitative estimate of drug-likeness (QED) is 0.734. The van der Waals surface area contributed by atoms with Gasteiger partial charge in [-0.25, -0.2) is 0 Å². The molecule has 0 radical (unpaired) electrons. The Bertz CT molecular complexity index is 575. The van der Waals surface area contributed by atoms with Crippen molar-refractivity contribution in [3.63, 3.8) is 0 Å². The van der Waals surface area contributed by atoms with E-state index in [1.165, 1.54) is 10.9 Å². The molecule has 3 N–H and O–H groups in total. The topological polar surface area (TPSA) is 55.7 Å². The molecule has 0 unspecified atom stereocenters.